The van der Waals surface area contributed by atoms with Crippen LogP contribution in [0, 0.1) is 0 Å². The lowest BCUT2D eigenvalue weighted by Crippen LogP contribution is -2.39. The van der Waals surface area contributed by atoms with Crippen molar-refractivity contribution in [3.05, 3.63) is 11.7 Å². The molecule has 102 valence electrons. The van der Waals surface area contributed by atoms with Gasteiger partial charge in [-0.15, -0.1) is 0 Å². The van der Waals surface area contributed by atoms with Gasteiger partial charge in [0.1, 0.15) is 0 Å². The smallest absolute Gasteiger partial charge is 0.231 e. The maximum Gasteiger partial charge on any atom is 0.231 e. The summed E-state index contributed by atoms with van der Waals surface area (Å²) < 4.78 is 30.4. The Morgan fingerprint density at radius 2 is 2.22 bits per heavy atom. The van der Waals surface area contributed by atoms with Gasteiger partial charge in [-0.2, -0.15) is 4.98 Å². The third-order valence-electron chi connectivity index (χ3n) is 3.29. The zero-order chi connectivity index (χ0) is 13.2. The molecule has 2 heterocycles. The Labute approximate surface area is 107 Å². The minimum atomic E-state index is -3.12. The van der Waals surface area contributed by atoms with Crippen LogP contribution in [0.3, 0.4) is 0 Å². The molecule has 0 aromatic carbocycles. The third-order valence-corrected chi connectivity index (χ3v) is 5.14. The lowest BCUT2D eigenvalue weighted by molar-refractivity contribution is 0.265. The Kier molecular flexibility index (Phi) is 4.01. The fraction of sp³-hybridized carbons (Fsp3) is 0.818. The van der Waals surface area contributed by atoms with Crippen LogP contribution in [0.2, 0.25) is 0 Å². The van der Waals surface area contributed by atoms with Crippen molar-refractivity contribution in [2.45, 2.75) is 39.0 Å². The number of nitrogens with zero attached hydrogens (tertiary/aromatic N) is 3. The molecular weight excluding hydrogens is 254 g/mol. The number of aromatic nitrogens is 2. The van der Waals surface area contributed by atoms with Crippen LogP contribution in [0.5, 0.6) is 0 Å². The summed E-state index contributed by atoms with van der Waals surface area (Å²) in [5, 5.41) is 3.86. The van der Waals surface area contributed by atoms with E-state index in [1.807, 2.05) is 6.92 Å². The van der Waals surface area contributed by atoms with Gasteiger partial charge in [0, 0.05) is 19.5 Å². The predicted octanol–water partition coefficient (Wildman–Crippen LogP) is 1.16. The van der Waals surface area contributed by atoms with Crippen LogP contribution < -0.4 is 0 Å². The van der Waals surface area contributed by atoms with Crippen molar-refractivity contribution >= 4 is 10.0 Å². The van der Waals surface area contributed by atoms with Crippen LogP contribution in [0.1, 0.15) is 44.3 Å². The lowest BCUT2D eigenvalue weighted by atomic mass is 10.00. The molecular formula is C11H19N3O3S. The first kappa shape index (κ1) is 13.5. The number of aryl methyl sites for hydroxylation is 1. The number of hydrogen-bond acceptors (Lipinski definition) is 5. The van der Waals surface area contributed by atoms with Crippen molar-refractivity contribution < 1.29 is 12.9 Å². The van der Waals surface area contributed by atoms with Gasteiger partial charge in [-0.1, -0.05) is 12.1 Å². The molecule has 1 fully saturated rings. The average Bonchev–Trinajstić information content (AvgIpc) is 2.88. The molecule has 0 bridgehead atoms. The Bertz CT molecular complexity index is 497. The molecule has 18 heavy (non-hydrogen) atoms. The zero-order valence-corrected chi connectivity index (χ0v) is 11.6. The molecule has 0 saturated carbocycles. The Hall–Kier alpha value is -0.950. The highest BCUT2D eigenvalue weighted by atomic mass is 32.2. The molecule has 1 atom stereocenters. The highest BCUT2D eigenvalue weighted by Gasteiger charge is 2.31. The normalized spacial score (nSPS) is 22.2. The summed E-state index contributed by atoms with van der Waals surface area (Å²) >= 11 is 0. The van der Waals surface area contributed by atoms with E-state index >= 15 is 0 Å². The lowest BCUT2D eigenvalue weighted by Gasteiger charge is -2.29. The Balaban J connectivity index is 2.11. The molecule has 0 N–H and O–H groups in total. The Morgan fingerprint density at radius 1 is 1.44 bits per heavy atom. The molecule has 1 aromatic heterocycles. The highest BCUT2D eigenvalue weighted by Crippen LogP contribution is 2.27. The molecule has 1 aliphatic heterocycles. The minimum absolute atomic E-state index is 0.0351. The van der Waals surface area contributed by atoms with Crippen molar-refractivity contribution in [2.24, 2.45) is 0 Å². The van der Waals surface area contributed by atoms with E-state index in [9.17, 15) is 8.42 Å². The Morgan fingerprint density at radius 3 is 2.83 bits per heavy atom. The van der Waals surface area contributed by atoms with Crippen molar-refractivity contribution in [2.75, 3.05) is 18.8 Å². The van der Waals surface area contributed by atoms with Gasteiger partial charge in [-0.3, -0.25) is 0 Å². The van der Waals surface area contributed by atoms with E-state index in [-0.39, 0.29) is 11.7 Å². The standard InChI is InChI=1S/C11H19N3O3S/c1-3-10-12-11(17-13-10)9-6-5-7-14(8-9)18(15,16)4-2/h9H,3-8H2,1-2H3/t9-/m1/s1. The second-order valence-electron chi connectivity index (χ2n) is 4.50. The van der Waals surface area contributed by atoms with Gasteiger partial charge in [0.25, 0.3) is 0 Å². The van der Waals surface area contributed by atoms with Crippen molar-refractivity contribution in [3.8, 4) is 0 Å². The van der Waals surface area contributed by atoms with E-state index in [0.29, 0.717) is 24.8 Å². The molecule has 2 rings (SSSR count). The van der Waals surface area contributed by atoms with E-state index in [2.05, 4.69) is 10.1 Å². The molecule has 6 nitrogen and oxygen atoms in total. The quantitative estimate of drug-likeness (QED) is 0.822. The van der Waals surface area contributed by atoms with Crippen molar-refractivity contribution in [1.29, 1.82) is 0 Å². The van der Waals surface area contributed by atoms with Gasteiger partial charge in [0.2, 0.25) is 15.9 Å². The monoisotopic (exact) mass is 273 g/mol. The molecule has 7 heteroatoms. The van der Waals surface area contributed by atoms with Crippen LogP contribution in [-0.4, -0.2) is 41.7 Å². The van der Waals surface area contributed by atoms with Gasteiger partial charge in [-0.25, -0.2) is 12.7 Å². The molecule has 1 aliphatic rings. The molecule has 0 spiro atoms. The number of rotatable bonds is 4. The van der Waals surface area contributed by atoms with Gasteiger partial charge in [0.15, 0.2) is 5.82 Å². The van der Waals surface area contributed by atoms with Gasteiger partial charge in [0.05, 0.1) is 11.7 Å². The first-order chi connectivity index (χ1) is 8.56. The van der Waals surface area contributed by atoms with E-state index in [1.165, 1.54) is 4.31 Å². The molecule has 0 aliphatic carbocycles. The predicted molar refractivity (Wildman–Crippen MR) is 66.7 cm³/mol. The highest BCUT2D eigenvalue weighted by molar-refractivity contribution is 7.89. The van der Waals surface area contributed by atoms with E-state index < -0.39 is 10.0 Å². The molecule has 0 unspecified atom stereocenters. The van der Waals surface area contributed by atoms with Crippen molar-refractivity contribution in [1.82, 2.24) is 14.4 Å². The average molecular weight is 273 g/mol. The van der Waals surface area contributed by atoms with Gasteiger partial charge in [-0.05, 0) is 19.8 Å². The van der Waals surface area contributed by atoms with Crippen LogP contribution in [0.15, 0.2) is 4.52 Å². The van der Waals surface area contributed by atoms with Crippen LogP contribution in [-0.2, 0) is 16.4 Å². The van der Waals surface area contributed by atoms with E-state index in [4.69, 9.17) is 4.52 Å². The SMILES string of the molecule is CCc1noc([C@@H]2CCCN(S(=O)(=O)CC)C2)n1. The maximum absolute atomic E-state index is 11.9. The van der Waals surface area contributed by atoms with Gasteiger partial charge < -0.3 is 4.52 Å². The molecule has 0 amide bonds. The topological polar surface area (TPSA) is 76.3 Å². The summed E-state index contributed by atoms with van der Waals surface area (Å²) in [7, 11) is -3.12. The summed E-state index contributed by atoms with van der Waals surface area (Å²) in [6, 6.07) is 0. The van der Waals surface area contributed by atoms with Gasteiger partial charge >= 0.3 is 0 Å². The zero-order valence-electron chi connectivity index (χ0n) is 10.8. The fourth-order valence-corrected chi connectivity index (χ4v) is 3.34. The molecule has 0 radical (unpaired) electrons. The first-order valence-corrected chi connectivity index (χ1v) is 7.98. The summed E-state index contributed by atoms with van der Waals surface area (Å²) in [6.07, 6.45) is 2.47. The summed E-state index contributed by atoms with van der Waals surface area (Å²) in [4.78, 5) is 4.30. The first-order valence-electron chi connectivity index (χ1n) is 6.37. The maximum atomic E-state index is 11.9. The summed E-state index contributed by atoms with van der Waals surface area (Å²) in [5.74, 6) is 1.43. The molecule has 1 saturated heterocycles. The second-order valence-corrected chi connectivity index (χ2v) is 6.76. The second kappa shape index (κ2) is 5.36. The number of hydrogen-bond donors (Lipinski definition) is 0. The van der Waals surface area contributed by atoms with Crippen LogP contribution >= 0.6 is 0 Å². The largest absolute Gasteiger partial charge is 0.339 e. The fourth-order valence-electron chi connectivity index (χ4n) is 2.16. The van der Waals surface area contributed by atoms with Crippen LogP contribution in [0.4, 0.5) is 0 Å². The minimum Gasteiger partial charge on any atom is -0.339 e. The number of piperidine rings is 1. The summed E-state index contributed by atoms with van der Waals surface area (Å²) in [5.41, 5.74) is 0. The van der Waals surface area contributed by atoms with Crippen molar-refractivity contribution in [3.63, 3.8) is 0 Å². The van der Waals surface area contributed by atoms with E-state index in [1.54, 1.807) is 6.92 Å². The van der Waals surface area contributed by atoms with Crippen LogP contribution in [0.25, 0.3) is 0 Å². The molecule has 1 aromatic rings. The summed E-state index contributed by atoms with van der Waals surface area (Å²) in [6.45, 7) is 4.69. The van der Waals surface area contributed by atoms with E-state index in [0.717, 1.165) is 19.3 Å². The number of sulfonamides is 1. The third kappa shape index (κ3) is 2.72.